The average molecular weight is 837 g/mol. The lowest BCUT2D eigenvalue weighted by molar-refractivity contribution is -0.192. The Balaban J connectivity index is 0.000000793. The van der Waals surface area contributed by atoms with Crippen LogP contribution in [0.5, 0.6) is 0 Å². The molecule has 2 aliphatic carbocycles. The molecule has 17 nitrogen and oxygen atoms in total. The van der Waals surface area contributed by atoms with Crippen LogP contribution in [0.1, 0.15) is 77.4 Å². The number of anilines is 1. The van der Waals surface area contributed by atoms with E-state index >= 15 is 0 Å². The number of carboxylic acid groups (broad SMARTS) is 1. The standard InChI is InChI=1S/C38H46N10O5.C2HF3O2/c1-46(2)38(53)43-27-15-13-26(14-16-27)42-37(52)35-44-34(39-19-28(24-9-5-3-6-10-24)25-11-7-4-8-12-25)31-36(45-35)47(22-40-31)29-17-30(33(51)32(29)50)48-20-23(21-49)18-41-48;3-2(4,5)1(6)7/h3-12,18,20,22,26-30,32-33,49-51H,13-17,19,21H2,1-2H3,(H,42,52)(H,43,53)(H,39,44,45);(H,6,7)/t26?,27?,29-,30+,32?,33?;/m1./s1. The summed E-state index contributed by atoms with van der Waals surface area (Å²) in [5.41, 5.74) is 3.57. The lowest BCUT2D eigenvalue weighted by Gasteiger charge is -2.30. The molecule has 0 radical (unpaired) electrons. The summed E-state index contributed by atoms with van der Waals surface area (Å²) in [5.74, 6) is -2.92. The predicted octanol–water partition coefficient (Wildman–Crippen LogP) is 3.61. The highest BCUT2D eigenvalue weighted by Crippen LogP contribution is 2.40. The number of benzene rings is 2. The first kappa shape index (κ1) is 43.5. The molecule has 3 amide bonds. The molecule has 7 N–H and O–H groups in total. The summed E-state index contributed by atoms with van der Waals surface area (Å²) in [6.45, 7) is 0.248. The van der Waals surface area contributed by atoms with E-state index in [2.05, 4.69) is 50.3 Å². The molecule has 3 aromatic heterocycles. The van der Waals surface area contributed by atoms with Gasteiger partial charge < -0.3 is 45.8 Å². The fraction of sp³-hybridized carbons (Fsp3) is 0.425. The van der Waals surface area contributed by atoms with E-state index in [1.165, 1.54) is 11.1 Å². The molecule has 0 saturated heterocycles. The number of carbonyl (C=O) groups excluding carboxylic acids is 2. The van der Waals surface area contributed by atoms with Gasteiger partial charge in [-0.15, -0.1) is 0 Å². The molecular formula is C40H47F3N10O7. The summed E-state index contributed by atoms with van der Waals surface area (Å²) in [6.07, 6.45) is 0.439. The van der Waals surface area contributed by atoms with Crippen LogP contribution in [0.15, 0.2) is 79.4 Å². The molecule has 2 aromatic carbocycles. The number of urea groups is 1. The van der Waals surface area contributed by atoms with Crippen LogP contribution in [0.25, 0.3) is 11.2 Å². The smallest absolute Gasteiger partial charge is 0.475 e. The normalized spacial score (nSPS) is 21.6. The van der Waals surface area contributed by atoms with Crippen molar-refractivity contribution in [2.75, 3.05) is 26.0 Å². The molecule has 0 bridgehead atoms. The Morgan fingerprint density at radius 3 is 1.98 bits per heavy atom. The Labute approximate surface area is 342 Å². The zero-order valence-corrected chi connectivity index (χ0v) is 32.8. The number of nitrogens with one attached hydrogen (secondary N) is 3. The Hall–Kier alpha value is -6.12. The summed E-state index contributed by atoms with van der Waals surface area (Å²) in [7, 11) is 3.41. The number of nitrogens with zero attached hydrogens (tertiary/aromatic N) is 7. The van der Waals surface area contributed by atoms with Crippen LogP contribution in [-0.4, -0.2) is 124 Å². The molecule has 320 valence electrons. The molecular weight excluding hydrogens is 789 g/mol. The quantitative estimate of drug-likeness (QED) is 0.101. The van der Waals surface area contributed by atoms with Gasteiger partial charge in [0.2, 0.25) is 5.82 Å². The number of carbonyl (C=O) groups is 3. The molecule has 7 rings (SSSR count). The Kier molecular flexibility index (Phi) is 13.7. The van der Waals surface area contributed by atoms with Crippen LogP contribution in [0.2, 0.25) is 0 Å². The highest BCUT2D eigenvalue weighted by atomic mass is 19.4. The van der Waals surface area contributed by atoms with Crippen molar-refractivity contribution < 1.29 is 48.0 Å². The summed E-state index contributed by atoms with van der Waals surface area (Å²) in [5, 5.41) is 53.1. The maximum absolute atomic E-state index is 13.9. The van der Waals surface area contributed by atoms with Crippen molar-refractivity contribution in [3.63, 3.8) is 0 Å². The van der Waals surface area contributed by atoms with Gasteiger partial charge in [-0.2, -0.15) is 18.3 Å². The van der Waals surface area contributed by atoms with Crippen LogP contribution >= 0.6 is 0 Å². The third kappa shape index (κ3) is 10.2. The molecule has 2 fully saturated rings. The van der Waals surface area contributed by atoms with Crippen LogP contribution in [0, 0.1) is 0 Å². The number of aromatic nitrogens is 6. The zero-order valence-electron chi connectivity index (χ0n) is 32.8. The molecule has 3 heterocycles. The first-order valence-corrected chi connectivity index (χ1v) is 19.3. The number of aliphatic carboxylic acids is 1. The lowest BCUT2D eigenvalue weighted by Crippen LogP contribution is -2.46. The molecule has 2 saturated carbocycles. The van der Waals surface area contributed by atoms with Crippen molar-refractivity contribution in [1.82, 2.24) is 44.8 Å². The van der Waals surface area contributed by atoms with E-state index in [-0.39, 0.29) is 36.5 Å². The van der Waals surface area contributed by atoms with Gasteiger partial charge in [0.05, 0.1) is 31.2 Å². The lowest BCUT2D eigenvalue weighted by atomic mass is 9.91. The van der Waals surface area contributed by atoms with Gasteiger partial charge in [0.25, 0.3) is 5.91 Å². The second-order valence-corrected chi connectivity index (χ2v) is 15.0. The van der Waals surface area contributed by atoms with Gasteiger partial charge in [-0.1, -0.05) is 60.7 Å². The topological polar surface area (TPSA) is 233 Å². The maximum Gasteiger partial charge on any atom is 0.490 e. The van der Waals surface area contributed by atoms with Gasteiger partial charge in [0.15, 0.2) is 11.5 Å². The number of halogens is 3. The van der Waals surface area contributed by atoms with Crippen molar-refractivity contribution in [2.24, 2.45) is 0 Å². The number of aliphatic hydroxyl groups is 3. The fourth-order valence-corrected chi connectivity index (χ4v) is 7.48. The number of hydrogen-bond donors (Lipinski definition) is 7. The number of carboxylic acids is 1. The van der Waals surface area contributed by atoms with Crippen LogP contribution in [0.4, 0.5) is 23.8 Å². The summed E-state index contributed by atoms with van der Waals surface area (Å²) in [4.78, 5) is 50.6. The van der Waals surface area contributed by atoms with Gasteiger partial charge in [-0.25, -0.2) is 24.5 Å². The van der Waals surface area contributed by atoms with Crippen LogP contribution in [-0.2, 0) is 11.4 Å². The van der Waals surface area contributed by atoms with E-state index in [4.69, 9.17) is 19.9 Å². The van der Waals surface area contributed by atoms with Gasteiger partial charge >= 0.3 is 18.2 Å². The van der Waals surface area contributed by atoms with Crippen molar-refractivity contribution in [2.45, 2.75) is 87.2 Å². The third-order valence-corrected chi connectivity index (χ3v) is 10.7. The van der Waals surface area contributed by atoms with Gasteiger partial charge in [0, 0.05) is 50.4 Å². The summed E-state index contributed by atoms with van der Waals surface area (Å²) in [6, 6.07) is 18.9. The van der Waals surface area contributed by atoms with Crippen molar-refractivity contribution >= 4 is 34.9 Å². The van der Waals surface area contributed by atoms with Crippen LogP contribution in [0.3, 0.4) is 0 Å². The highest BCUT2D eigenvalue weighted by molar-refractivity contribution is 5.94. The third-order valence-electron chi connectivity index (χ3n) is 10.7. The minimum Gasteiger partial charge on any atom is -0.475 e. The number of rotatable bonds is 11. The molecule has 0 spiro atoms. The predicted molar refractivity (Wildman–Crippen MR) is 211 cm³/mol. The van der Waals surface area contributed by atoms with E-state index in [0.29, 0.717) is 48.4 Å². The van der Waals surface area contributed by atoms with Gasteiger partial charge in [-0.05, 0) is 43.2 Å². The zero-order chi connectivity index (χ0) is 43.1. The largest absolute Gasteiger partial charge is 0.490 e. The van der Waals surface area contributed by atoms with E-state index < -0.39 is 42.3 Å². The number of alkyl halides is 3. The molecule has 0 aliphatic heterocycles. The first-order chi connectivity index (χ1) is 28.6. The first-order valence-electron chi connectivity index (χ1n) is 19.3. The van der Waals surface area contributed by atoms with E-state index in [9.17, 15) is 38.1 Å². The second-order valence-electron chi connectivity index (χ2n) is 15.0. The minimum absolute atomic E-state index is 0.0342. The van der Waals surface area contributed by atoms with Crippen molar-refractivity contribution in [3.8, 4) is 0 Å². The highest BCUT2D eigenvalue weighted by Gasteiger charge is 2.45. The number of hydrogen-bond acceptors (Lipinski definition) is 11. The Morgan fingerprint density at radius 2 is 1.45 bits per heavy atom. The van der Waals surface area contributed by atoms with E-state index in [1.54, 1.807) is 35.9 Å². The van der Waals surface area contributed by atoms with Crippen LogP contribution < -0.4 is 16.0 Å². The molecule has 5 aromatic rings. The summed E-state index contributed by atoms with van der Waals surface area (Å²) >= 11 is 0. The number of aliphatic hydroxyl groups excluding tert-OH is 3. The molecule has 20 heteroatoms. The Bertz CT molecular complexity index is 2190. The SMILES string of the molecule is CN(C)C(=O)NC1CCC(NC(=O)c2nc(NCC(c3ccccc3)c3ccccc3)c3ncn([C@@H]4C[C@H](n5cc(CO)cn5)C(O)C4O)c3n2)CC1.O=C(O)C(F)(F)F. The number of imidazole rings is 1. The Morgan fingerprint density at radius 1 is 0.883 bits per heavy atom. The minimum atomic E-state index is -5.08. The maximum atomic E-state index is 13.9. The number of amides is 3. The molecule has 2 aliphatic rings. The molecule has 2 unspecified atom stereocenters. The monoisotopic (exact) mass is 836 g/mol. The summed E-state index contributed by atoms with van der Waals surface area (Å²) < 4.78 is 35.0. The van der Waals surface area contributed by atoms with Gasteiger partial charge in [0.1, 0.15) is 17.7 Å². The van der Waals surface area contributed by atoms with Crippen molar-refractivity contribution in [3.05, 3.63) is 102 Å². The van der Waals surface area contributed by atoms with Gasteiger partial charge in [-0.3, -0.25) is 9.48 Å². The molecule has 4 atom stereocenters. The number of fused-ring (bicyclic) bond motifs is 1. The fourth-order valence-electron chi connectivity index (χ4n) is 7.48. The van der Waals surface area contributed by atoms with E-state index in [0.717, 1.165) is 24.0 Å². The molecule has 60 heavy (non-hydrogen) atoms. The second kappa shape index (κ2) is 18.9. The van der Waals surface area contributed by atoms with E-state index in [1.807, 2.05) is 36.4 Å². The average Bonchev–Trinajstić information content (AvgIpc) is 3.96. The van der Waals surface area contributed by atoms with Crippen molar-refractivity contribution in [1.29, 1.82) is 0 Å².